The average molecular weight is 791 g/mol. The maximum atomic E-state index is 3.96. The fourth-order valence-corrected chi connectivity index (χ4v) is 10.1. The Labute approximate surface area is 298 Å². The van der Waals surface area contributed by atoms with E-state index in [4.69, 9.17) is 0 Å². The van der Waals surface area contributed by atoms with Crippen molar-refractivity contribution in [3.8, 4) is 0 Å². The molecule has 44 heavy (non-hydrogen) atoms. The van der Waals surface area contributed by atoms with E-state index in [0.29, 0.717) is 0 Å². The number of halogens is 2. The molecular weight excluding hydrogens is 702 g/mol. The molecule has 0 aliphatic carbocycles. The predicted octanol–water partition coefficient (Wildman–Crippen LogP) is 17.2. The van der Waals surface area contributed by atoms with Gasteiger partial charge in [-0.05, 0) is 0 Å². The summed E-state index contributed by atoms with van der Waals surface area (Å²) < 4.78 is 0. The van der Waals surface area contributed by atoms with Crippen molar-refractivity contribution in [3.63, 3.8) is 0 Å². The van der Waals surface area contributed by atoms with Crippen molar-refractivity contribution in [2.45, 2.75) is 206 Å². The van der Waals surface area contributed by atoms with Crippen LogP contribution in [0.4, 0.5) is 0 Å². The van der Waals surface area contributed by atoms with E-state index in [9.17, 15) is 0 Å². The second-order valence-electron chi connectivity index (χ2n) is 17.2. The molecule has 0 bridgehead atoms. The van der Waals surface area contributed by atoms with Crippen LogP contribution < -0.4 is 0 Å². The average Bonchev–Trinajstić information content (AvgIpc) is 2.91. The van der Waals surface area contributed by atoms with Crippen molar-refractivity contribution >= 4 is 41.6 Å². The second-order valence-corrected chi connectivity index (χ2v) is 45.5. The van der Waals surface area contributed by atoms with Crippen LogP contribution in [0.5, 0.6) is 0 Å². The molecule has 0 spiro atoms. The SMILES string of the molecule is CCCCCCCCCCCCCCCCCCP(C)(C)(C)Br.CCCCCCCCCCCCCCCCP(C)(C)(C)Br. The molecule has 4 heteroatoms. The van der Waals surface area contributed by atoms with E-state index in [1.807, 2.05) is 0 Å². The zero-order valence-electron chi connectivity index (χ0n) is 32.3. The van der Waals surface area contributed by atoms with Crippen LogP contribution in [0, 0.1) is 0 Å². The molecule has 0 aromatic carbocycles. The number of rotatable bonds is 32. The molecule has 0 rings (SSSR count). The molecule has 0 N–H and O–H groups in total. The van der Waals surface area contributed by atoms with E-state index >= 15 is 0 Å². The maximum absolute atomic E-state index is 3.96. The molecule has 0 aromatic heterocycles. The topological polar surface area (TPSA) is 0 Å². The number of hydrogen-bond acceptors (Lipinski definition) is 0. The Balaban J connectivity index is 0. The van der Waals surface area contributed by atoms with Crippen molar-refractivity contribution < 1.29 is 0 Å². The van der Waals surface area contributed by atoms with Crippen molar-refractivity contribution in [3.05, 3.63) is 0 Å². The molecule has 0 aliphatic rings. The minimum absolute atomic E-state index is 1.37. The van der Waals surface area contributed by atoms with Gasteiger partial charge in [-0.25, -0.2) is 0 Å². The Morgan fingerprint density at radius 3 is 0.523 bits per heavy atom. The van der Waals surface area contributed by atoms with Crippen LogP contribution in [0.3, 0.4) is 0 Å². The van der Waals surface area contributed by atoms with E-state index in [1.165, 1.54) is 205 Å². The minimum atomic E-state index is -1.41. The van der Waals surface area contributed by atoms with Gasteiger partial charge in [0, 0.05) is 0 Å². The zero-order valence-corrected chi connectivity index (χ0v) is 37.2. The molecule has 0 amide bonds. The summed E-state index contributed by atoms with van der Waals surface area (Å²) in [5.41, 5.74) is 0. The molecule has 0 nitrogen and oxygen atoms in total. The van der Waals surface area contributed by atoms with Gasteiger partial charge in [-0.3, -0.25) is 0 Å². The van der Waals surface area contributed by atoms with Gasteiger partial charge in [0.15, 0.2) is 0 Å². The quantitative estimate of drug-likeness (QED) is 0.0470. The van der Waals surface area contributed by atoms with E-state index in [-0.39, 0.29) is 0 Å². The Bertz CT molecular complexity index is 569. The predicted molar refractivity (Wildman–Crippen MR) is 227 cm³/mol. The van der Waals surface area contributed by atoms with Crippen LogP contribution in [0.15, 0.2) is 0 Å². The van der Waals surface area contributed by atoms with Crippen LogP contribution in [0.1, 0.15) is 206 Å². The standard InChI is InChI=1S/C21H46BrP.C19H42BrP/c1-5-6-7-8-9-10-11-12-13-14-15-16-17-18-19-20-21-23(2,3,4)22;1-5-6-7-8-9-10-11-12-13-14-15-16-17-18-19-21(2,3,4)20/h5-21H2,1-4H3;5-19H2,1-4H3. The first-order valence-electron chi connectivity index (χ1n) is 20.1. The van der Waals surface area contributed by atoms with Crippen molar-refractivity contribution in [2.75, 3.05) is 52.3 Å². The summed E-state index contributed by atoms with van der Waals surface area (Å²) in [5, 5.41) is -2.81. The van der Waals surface area contributed by atoms with Gasteiger partial charge >= 0.3 is 235 Å². The van der Waals surface area contributed by atoms with Gasteiger partial charge in [0.25, 0.3) is 0 Å². The Morgan fingerprint density at radius 2 is 0.386 bits per heavy atom. The van der Waals surface area contributed by atoms with Gasteiger partial charge in [-0.1, -0.05) is 65.2 Å². The number of hydrogen-bond donors (Lipinski definition) is 0. The summed E-state index contributed by atoms with van der Waals surface area (Å²) in [6.07, 6.45) is 46.5. The van der Waals surface area contributed by atoms with Gasteiger partial charge in [0.05, 0.1) is 0 Å². The molecule has 0 radical (unpaired) electrons. The Morgan fingerprint density at radius 1 is 0.250 bits per heavy atom. The zero-order chi connectivity index (χ0) is 33.5. The third-order valence-corrected chi connectivity index (χ3v) is 14.8. The molecule has 0 aromatic rings. The van der Waals surface area contributed by atoms with Crippen LogP contribution >= 0.6 is 41.6 Å². The van der Waals surface area contributed by atoms with Gasteiger partial charge < -0.3 is 0 Å². The van der Waals surface area contributed by atoms with Crippen molar-refractivity contribution in [1.29, 1.82) is 0 Å². The fraction of sp³-hybridized carbons (Fsp3) is 1.00. The van der Waals surface area contributed by atoms with Crippen molar-refractivity contribution in [1.82, 2.24) is 0 Å². The Kier molecular flexibility index (Phi) is 32.4. The first-order valence-corrected chi connectivity index (χ1v) is 31.6. The number of unbranched alkanes of at least 4 members (excludes halogenated alkanes) is 28. The molecule has 0 atom stereocenters. The molecular formula is C40H88Br2P2. The van der Waals surface area contributed by atoms with Crippen LogP contribution in [-0.2, 0) is 0 Å². The molecule has 0 saturated heterocycles. The normalized spacial score (nSPS) is 14.0. The summed E-state index contributed by atoms with van der Waals surface area (Å²) >= 11 is 7.91. The van der Waals surface area contributed by atoms with Crippen LogP contribution in [-0.4, -0.2) is 52.3 Å². The van der Waals surface area contributed by atoms with E-state index in [0.717, 1.165) is 0 Å². The monoisotopic (exact) mass is 788 g/mol. The molecule has 272 valence electrons. The molecule has 0 heterocycles. The summed E-state index contributed by atoms with van der Waals surface area (Å²) in [6.45, 7) is 19.1. The van der Waals surface area contributed by atoms with E-state index in [2.05, 4.69) is 84.8 Å². The molecule has 0 saturated carbocycles. The summed E-state index contributed by atoms with van der Waals surface area (Å²) in [6, 6.07) is 0. The summed E-state index contributed by atoms with van der Waals surface area (Å²) in [4.78, 5) is 0. The third kappa shape index (κ3) is 50.7. The first-order chi connectivity index (χ1) is 20.6. The van der Waals surface area contributed by atoms with Gasteiger partial charge in [0.1, 0.15) is 0 Å². The summed E-state index contributed by atoms with van der Waals surface area (Å²) in [7, 11) is 0. The van der Waals surface area contributed by atoms with E-state index < -0.39 is 10.6 Å². The molecule has 0 fully saturated rings. The molecule has 0 unspecified atom stereocenters. The third-order valence-electron chi connectivity index (χ3n) is 9.03. The van der Waals surface area contributed by atoms with Crippen molar-refractivity contribution in [2.24, 2.45) is 0 Å². The van der Waals surface area contributed by atoms with Gasteiger partial charge in [-0.2, -0.15) is 0 Å². The first kappa shape index (κ1) is 47.9. The second kappa shape index (κ2) is 29.7. The van der Waals surface area contributed by atoms with Gasteiger partial charge in [0.2, 0.25) is 0 Å². The fourth-order valence-electron chi connectivity index (χ4n) is 6.03. The summed E-state index contributed by atoms with van der Waals surface area (Å²) in [5.74, 6) is 0. The van der Waals surface area contributed by atoms with Crippen LogP contribution in [0.2, 0.25) is 0 Å². The van der Waals surface area contributed by atoms with Crippen LogP contribution in [0.25, 0.3) is 0 Å². The van der Waals surface area contributed by atoms with Gasteiger partial charge in [-0.15, -0.1) is 0 Å². The Hall–Kier alpha value is 1.82. The molecule has 0 aliphatic heterocycles. The van der Waals surface area contributed by atoms with E-state index in [1.54, 1.807) is 0 Å².